The van der Waals surface area contributed by atoms with Gasteiger partial charge in [0.2, 0.25) is 0 Å². The maximum absolute atomic E-state index is 5.46. The highest BCUT2D eigenvalue weighted by Crippen LogP contribution is 2.10. The standard InChI is InChI=1S/C8H17NO.C2H6/c1-3-10-7(2)8-5-4-6-9-8;1-2/h7-9H,3-6H2,1-2H3;1-2H3. The fourth-order valence-electron chi connectivity index (χ4n) is 1.49. The van der Waals surface area contributed by atoms with E-state index in [0.29, 0.717) is 12.1 Å². The Morgan fingerprint density at radius 3 is 2.58 bits per heavy atom. The molecular formula is C10H23NO. The van der Waals surface area contributed by atoms with Gasteiger partial charge in [0, 0.05) is 12.6 Å². The molecule has 12 heavy (non-hydrogen) atoms. The van der Waals surface area contributed by atoms with Crippen LogP contribution in [0, 0.1) is 0 Å². The third kappa shape index (κ3) is 4.07. The molecule has 0 bridgehead atoms. The van der Waals surface area contributed by atoms with Gasteiger partial charge in [0.15, 0.2) is 0 Å². The van der Waals surface area contributed by atoms with Crippen LogP contribution in [-0.2, 0) is 4.74 Å². The summed E-state index contributed by atoms with van der Waals surface area (Å²) in [6.45, 7) is 10.2. The van der Waals surface area contributed by atoms with Crippen molar-refractivity contribution >= 4 is 0 Å². The van der Waals surface area contributed by atoms with Crippen molar-refractivity contribution in [3.05, 3.63) is 0 Å². The number of nitrogens with one attached hydrogen (secondary N) is 1. The maximum Gasteiger partial charge on any atom is 0.0699 e. The Bertz CT molecular complexity index is 89.8. The Balaban J connectivity index is 0.000000561. The van der Waals surface area contributed by atoms with Crippen molar-refractivity contribution in [2.45, 2.75) is 52.7 Å². The molecule has 0 aromatic heterocycles. The van der Waals surface area contributed by atoms with E-state index in [0.717, 1.165) is 6.61 Å². The van der Waals surface area contributed by atoms with Crippen molar-refractivity contribution < 1.29 is 4.74 Å². The first-order valence-corrected chi connectivity index (χ1v) is 5.19. The van der Waals surface area contributed by atoms with Crippen molar-refractivity contribution in [1.82, 2.24) is 5.32 Å². The fourth-order valence-corrected chi connectivity index (χ4v) is 1.49. The second-order valence-corrected chi connectivity index (χ2v) is 2.86. The molecule has 2 heteroatoms. The lowest BCUT2D eigenvalue weighted by Crippen LogP contribution is -2.34. The molecule has 1 heterocycles. The van der Waals surface area contributed by atoms with E-state index in [4.69, 9.17) is 4.74 Å². The smallest absolute Gasteiger partial charge is 0.0699 e. The Labute approximate surface area is 76.7 Å². The number of hydrogen-bond donors (Lipinski definition) is 1. The van der Waals surface area contributed by atoms with Crippen molar-refractivity contribution in [3.63, 3.8) is 0 Å². The van der Waals surface area contributed by atoms with Gasteiger partial charge in [-0.05, 0) is 33.2 Å². The van der Waals surface area contributed by atoms with Crippen molar-refractivity contribution in [2.24, 2.45) is 0 Å². The number of rotatable bonds is 3. The summed E-state index contributed by atoms with van der Waals surface area (Å²) in [5.74, 6) is 0. The molecule has 0 aromatic rings. The van der Waals surface area contributed by atoms with E-state index in [1.165, 1.54) is 19.4 Å². The predicted octanol–water partition coefficient (Wildman–Crippen LogP) is 2.19. The molecule has 0 aliphatic carbocycles. The Morgan fingerprint density at radius 1 is 1.50 bits per heavy atom. The molecule has 1 saturated heterocycles. The molecule has 0 spiro atoms. The van der Waals surface area contributed by atoms with Crippen molar-refractivity contribution in [2.75, 3.05) is 13.2 Å². The molecule has 0 radical (unpaired) electrons. The molecule has 1 aliphatic heterocycles. The first kappa shape index (κ1) is 11.9. The quantitative estimate of drug-likeness (QED) is 0.706. The average Bonchev–Trinajstić information content (AvgIpc) is 2.60. The van der Waals surface area contributed by atoms with Gasteiger partial charge in [-0.1, -0.05) is 13.8 Å². The Kier molecular flexibility index (Phi) is 7.51. The van der Waals surface area contributed by atoms with Crippen molar-refractivity contribution in [3.8, 4) is 0 Å². The van der Waals surface area contributed by atoms with E-state index < -0.39 is 0 Å². The first-order chi connectivity index (χ1) is 5.84. The van der Waals surface area contributed by atoms with E-state index in [-0.39, 0.29) is 0 Å². The molecule has 1 aliphatic rings. The van der Waals surface area contributed by atoms with Crippen LogP contribution in [0.2, 0.25) is 0 Å². The summed E-state index contributed by atoms with van der Waals surface area (Å²) in [6, 6.07) is 0.611. The molecule has 2 unspecified atom stereocenters. The predicted molar refractivity (Wildman–Crippen MR) is 53.5 cm³/mol. The van der Waals surface area contributed by atoms with Crippen LogP contribution in [0.25, 0.3) is 0 Å². The zero-order chi connectivity index (χ0) is 9.40. The molecule has 74 valence electrons. The van der Waals surface area contributed by atoms with Crippen LogP contribution in [0.5, 0.6) is 0 Å². The van der Waals surface area contributed by atoms with Gasteiger partial charge in [-0.2, -0.15) is 0 Å². The van der Waals surface area contributed by atoms with Gasteiger partial charge in [-0.25, -0.2) is 0 Å². The van der Waals surface area contributed by atoms with E-state index in [1.54, 1.807) is 0 Å². The van der Waals surface area contributed by atoms with Gasteiger partial charge >= 0.3 is 0 Å². The molecule has 0 saturated carbocycles. The summed E-state index contributed by atoms with van der Waals surface area (Å²) in [5.41, 5.74) is 0. The van der Waals surface area contributed by atoms with E-state index >= 15 is 0 Å². The fraction of sp³-hybridized carbons (Fsp3) is 1.00. The first-order valence-electron chi connectivity index (χ1n) is 5.19. The van der Waals surface area contributed by atoms with Crippen LogP contribution in [-0.4, -0.2) is 25.3 Å². The molecule has 1 fully saturated rings. The number of hydrogen-bond acceptors (Lipinski definition) is 2. The summed E-state index contributed by atoms with van der Waals surface area (Å²) in [6.07, 6.45) is 2.98. The van der Waals surface area contributed by atoms with E-state index in [1.807, 2.05) is 20.8 Å². The average molecular weight is 173 g/mol. The Morgan fingerprint density at radius 2 is 2.17 bits per heavy atom. The highest BCUT2D eigenvalue weighted by atomic mass is 16.5. The zero-order valence-electron chi connectivity index (χ0n) is 8.89. The lowest BCUT2D eigenvalue weighted by molar-refractivity contribution is 0.0527. The van der Waals surface area contributed by atoms with Gasteiger partial charge in [-0.15, -0.1) is 0 Å². The molecule has 2 nitrogen and oxygen atoms in total. The second kappa shape index (κ2) is 7.56. The van der Waals surface area contributed by atoms with Gasteiger partial charge in [-0.3, -0.25) is 0 Å². The summed E-state index contributed by atoms with van der Waals surface area (Å²) < 4.78 is 5.46. The van der Waals surface area contributed by atoms with Gasteiger partial charge in [0.25, 0.3) is 0 Å². The maximum atomic E-state index is 5.46. The van der Waals surface area contributed by atoms with Gasteiger partial charge < -0.3 is 10.1 Å². The molecule has 1 rings (SSSR count). The van der Waals surface area contributed by atoms with E-state index in [2.05, 4.69) is 12.2 Å². The normalized spacial score (nSPS) is 24.5. The van der Waals surface area contributed by atoms with Crippen molar-refractivity contribution in [1.29, 1.82) is 0 Å². The van der Waals surface area contributed by atoms with Crippen LogP contribution in [0.3, 0.4) is 0 Å². The molecule has 1 N–H and O–H groups in total. The molecule has 0 amide bonds. The monoisotopic (exact) mass is 173 g/mol. The SMILES string of the molecule is CC.CCOC(C)C1CCCN1. The highest BCUT2D eigenvalue weighted by molar-refractivity contribution is 4.79. The van der Waals surface area contributed by atoms with Crippen LogP contribution < -0.4 is 5.32 Å². The van der Waals surface area contributed by atoms with Crippen LogP contribution in [0.1, 0.15) is 40.5 Å². The van der Waals surface area contributed by atoms with Gasteiger partial charge in [0.1, 0.15) is 0 Å². The summed E-state index contributed by atoms with van der Waals surface area (Å²) in [4.78, 5) is 0. The molecule has 0 aromatic carbocycles. The summed E-state index contributed by atoms with van der Waals surface area (Å²) in [7, 11) is 0. The van der Waals surface area contributed by atoms with E-state index in [9.17, 15) is 0 Å². The lowest BCUT2D eigenvalue weighted by Gasteiger charge is -2.18. The third-order valence-electron chi connectivity index (χ3n) is 2.09. The number of ether oxygens (including phenoxy) is 1. The minimum Gasteiger partial charge on any atom is -0.377 e. The second-order valence-electron chi connectivity index (χ2n) is 2.86. The van der Waals surface area contributed by atoms with Crippen LogP contribution in [0.4, 0.5) is 0 Å². The minimum atomic E-state index is 0.396. The van der Waals surface area contributed by atoms with Crippen LogP contribution in [0.15, 0.2) is 0 Å². The summed E-state index contributed by atoms with van der Waals surface area (Å²) >= 11 is 0. The zero-order valence-corrected chi connectivity index (χ0v) is 8.89. The third-order valence-corrected chi connectivity index (χ3v) is 2.09. The Hall–Kier alpha value is -0.0800. The highest BCUT2D eigenvalue weighted by Gasteiger charge is 2.20. The van der Waals surface area contributed by atoms with Gasteiger partial charge in [0.05, 0.1) is 6.10 Å². The summed E-state index contributed by atoms with van der Waals surface area (Å²) in [5, 5.41) is 3.42. The minimum absolute atomic E-state index is 0.396. The largest absolute Gasteiger partial charge is 0.377 e. The van der Waals surface area contributed by atoms with Crippen LogP contribution >= 0.6 is 0 Å². The molecular weight excluding hydrogens is 150 g/mol. The lowest BCUT2D eigenvalue weighted by atomic mass is 10.1. The topological polar surface area (TPSA) is 21.3 Å². The molecule has 2 atom stereocenters.